The average molecular weight is 446 g/mol. The number of aryl methyl sites for hydroxylation is 2. The molecule has 29 heavy (non-hydrogen) atoms. The Hall–Kier alpha value is -1.59. The van der Waals surface area contributed by atoms with Gasteiger partial charge < -0.3 is 19.0 Å². The highest BCUT2D eigenvalue weighted by molar-refractivity contribution is 6.55. The summed E-state index contributed by atoms with van der Waals surface area (Å²) in [5.41, 5.74) is 1.83. The van der Waals surface area contributed by atoms with E-state index in [0.29, 0.717) is 25.7 Å². The van der Waals surface area contributed by atoms with Gasteiger partial charge in [0.15, 0.2) is 0 Å². The first kappa shape index (κ1) is 25.4. The first-order valence-corrected chi connectivity index (χ1v) is 10.6. The lowest BCUT2D eigenvalue weighted by Gasteiger charge is -2.16. The second-order valence-corrected chi connectivity index (χ2v) is 8.61. The lowest BCUT2D eigenvalue weighted by molar-refractivity contribution is -0.00396. The Morgan fingerprint density at radius 2 is 1.79 bits per heavy atom. The van der Waals surface area contributed by atoms with Gasteiger partial charge in [0.25, 0.3) is 0 Å². The molecule has 0 aromatic heterocycles. The molecule has 0 unspecified atom stereocenters. The minimum Gasteiger partial charge on any atom is -0.493 e. The van der Waals surface area contributed by atoms with Crippen LogP contribution in [0.25, 0.3) is 0 Å². The van der Waals surface area contributed by atoms with Gasteiger partial charge in [-0.2, -0.15) is 0 Å². The highest BCUT2D eigenvalue weighted by Crippen LogP contribution is 2.30. The molecular formula is C22H33Cl2NO4. The predicted molar refractivity (Wildman–Crippen MR) is 120 cm³/mol. The molecule has 1 aromatic carbocycles. The lowest BCUT2D eigenvalue weighted by atomic mass is 10.1. The molecule has 5 nitrogen and oxygen atoms in total. The molecule has 0 radical (unpaired) electrons. The van der Waals surface area contributed by atoms with Crippen LogP contribution in [0.2, 0.25) is 0 Å². The van der Waals surface area contributed by atoms with Crippen LogP contribution >= 0.6 is 23.2 Å². The smallest absolute Gasteiger partial charge is 0.222 e. The Morgan fingerprint density at radius 1 is 1.10 bits per heavy atom. The van der Waals surface area contributed by atoms with Gasteiger partial charge in [-0.3, -0.25) is 0 Å². The minimum atomic E-state index is -0.318. The lowest BCUT2D eigenvalue weighted by Crippen LogP contribution is -2.17. The molecule has 0 aliphatic rings. The first-order valence-electron chi connectivity index (χ1n) is 9.88. The fourth-order valence-corrected chi connectivity index (χ4v) is 2.52. The minimum absolute atomic E-state index is 0.199. The van der Waals surface area contributed by atoms with Crippen LogP contribution in [0.4, 0.5) is 0 Å². The van der Waals surface area contributed by atoms with E-state index in [2.05, 4.69) is 12.1 Å². The van der Waals surface area contributed by atoms with Crippen molar-refractivity contribution in [2.24, 2.45) is 5.16 Å². The molecule has 0 saturated heterocycles. The second kappa shape index (κ2) is 12.9. The van der Waals surface area contributed by atoms with Gasteiger partial charge in [-0.05, 0) is 76.3 Å². The summed E-state index contributed by atoms with van der Waals surface area (Å²) in [4.78, 5) is 5.32. The quantitative estimate of drug-likeness (QED) is 0.167. The number of rotatable bonds is 11. The summed E-state index contributed by atoms with van der Waals surface area (Å²) < 4.78 is 17.5. The van der Waals surface area contributed by atoms with Gasteiger partial charge >= 0.3 is 0 Å². The van der Waals surface area contributed by atoms with Crippen molar-refractivity contribution in [1.29, 1.82) is 0 Å². The second-order valence-electron chi connectivity index (χ2n) is 7.60. The maximum absolute atomic E-state index is 6.04. The number of halogens is 2. The van der Waals surface area contributed by atoms with Crippen LogP contribution in [-0.4, -0.2) is 31.3 Å². The van der Waals surface area contributed by atoms with Crippen molar-refractivity contribution >= 4 is 29.1 Å². The van der Waals surface area contributed by atoms with Gasteiger partial charge in [0.2, 0.25) is 5.90 Å². The number of oxime groups is 1. The molecule has 7 heteroatoms. The molecule has 0 aliphatic heterocycles. The number of ether oxygens (including phenoxy) is 3. The molecule has 0 spiro atoms. The van der Waals surface area contributed by atoms with E-state index >= 15 is 0 Å². The van der Waals surface area contributed by atoms with E-state index in [4.69, 9.17) is 42.3 Å². The van der Waals surface area contributed by atoms with Gasteiger partial charge in [0.1, 0.15) is 28.2 Å². The number of unbranched alkanes of at least 4 members (excludes halogenated alkanes) is 1. The van der Waals surface area contributed by atoms with Crippen LogP contribution in [0.15, 0.2) is 27.9 Å². The van der Waals surface area contributed by atoms with E-state index in [1.165, 1.54) is 0 Å². The zero-order chi connectivity index (χ0) is 21.9. The molecule has 1 aromatic rings. The monoisotopic (exact) mass is 445 g/mol. The zero-order valence-electron chi connectivity index (χ0n) is 18.3. The zero-order valence-corrected chi connectivity index (χ0v) is 19.8. The van der Waals surface area contributed by atoms with E-state index in [1.54, 1.807) is 13.0 Å². The summed E-state index contributed by atoms with van der Waals surface area (Å²) in [6.45, 7) is 13.3. The molecule has 0 fully saturated rings. The van der Waals surface area contributed by atoms with E-state index in [-0.39, 0.29) is 10.1 Å². The van der Waals surface area contributed by atoms with Gasteiger partial charge in [-0.15, -0.1) is 0 Å². The molecular weight excluding hydrogens is 413 g/mol. The van der Waals surface area contributed by atoms with Crippen molar-refractivity contribution in [2.75, 3.05) is 19.8 Å². The molecule has 164 valence electrons. The molecule has 1 rings (SSSR count). The van der Waals surface area contributed by atoms with E-state index < -0.39 is 0 Å². The van der Waals surface area contributed by atoms with Crippen LogP contribution in [-0.2, 0) is 16.0 Å². The number of hydrogen-bond donors (Lipinski definition) is 0. The number of benzene rings is 1. The van der Waals surface area contributed by atoms with Gasteiger partial charge in [0.05, 0.1) is 13.2 Å². The maximum atomic E-state index is 6.04. The fourth-order valence-electron chi connectivity index (χ4n) is 2.39. The van der Waals surface area contributed by atoms with Crippen LogP contribution in [0, 0.1) is 6.92 Å². The normalized spacial score (nSPS) is 11.8. The Bertz CT molecular complexity index is 693. The van der Waals surface area contributed by atoms with Crippen molar-refractivity contribution in [1.82, 2.24) is 0 Å². The van der Waals surface area contributed by atoms with Crippen molar-refractivity contribution in [3.8, 4) is 11.5 Å². The third-order valence-corrected chi connectivity index (χ3v) is 4.05. The van der Waals surface area contributed by atoms with Gasteiger partial charge in [-0.1, -0.05) is 35.3 Å². The topological polar surface area (TPSA) is 49.3 Å². The van der Waals surface area contributed by atoms with Crippen molar-refractivity contribution in [2.45, 2.75) is 66.4 Å². The third-order valence-electron chi connectivity index (χ3n) is 3.74. The number of hydrogen-bond acceptors (Lipinski definition) is 5. The predicted octanol–water partition coefficient (Wildman–Crippen LogP) is 6.58. The molecule has 0 heterocycles. The van der Waals surface area contributed by atoms with Crippen LogP contribution < -0.4 is 9.47 Å². The SMILES string of the molecule is CCc1cc(OCC=C(Cl)Cl)cc(C)c1OCCCCOC(C)=NOC(C)(C)C. The third kappa shape index (κ3) is 11.2. The maximum Gasteiger partial charge on any atom is 0.222 e. The summed E-state index contributed by atoms with van der Waals surface area (Å²) in [6.07, 6.45) is 4.22. The fraction of sp³-hybridized carbons (Fsp3) is 0.591. The average Bonchev–Trinajstić information content (AvgIpc) is 2.62. The molecule has 0 aliphatic carbocycles. The van der Waals surface area contributed by atoms with Crippen molar-refractivity contribution in [3.05, 3.63) is 33.8 Å². The van der Waals surface area contributed by atoms with Crippen molar-refractivity contribution < 1.29 is 19.0 Å². The Labute approximate surface area is 184 Å². The van der Waals surface area contributed by atoms with E-state index in [9.17, 15) is 0 Å². The molecule has 0 N–H and O–H groups in total. The summed E-state index contributed by atoms with van der Waals surface area (Å²) >= 11 is 11.2. The summed E-state index contributed by atoms with van der Waals surface area (Å²) in [7, 11) is 0. The highest BCUT2D eigenvalue weighted by Gasteiger charge is 2.11. The van der Waals surface area contributed by atoms with Gasteiger partial charge in [0, 0.05) is 6.92 Å². The van der Waals surface area contributed by atoms with E-state index in [1.807, 2.05) is 39.8 Å². The van der Waals surface area contributed by atoms with Crippen LogP contribution in [0.3, 0.4) is 0 Å². The molecule has 0 amide bonds. The Morgan fingerprint density at radius 3 is 2.41 bits per heavy atom. The standard InChI is InChI=1S/C22H33Cl2NO4/c1-7-18-15-19(27-13-10-20(23)24)14-16(2)21(18)28-12-9-8-11-26-17(3)25-29-22(4,5)6/h10,14-15H,7-9,11-13H2,1-6H3. The van der Waals surface area contributed by atoms with Gasteiger partial charge in [-0.25, -0.2) is 0 Å². The number of nitrogens with zero attached hydrogens (tertiary/aromatic N) is 1. The molecule has 0 saturated carbocycles. The van der Waals surface area contributed by atoms with Crippen molar-refractivity contribution in [3.63, 3.8) is 0 Å². The highest BCUT2D eigenvalue weighted by atomic mass is 35.5. The largest absolute Gasteiger partial charge is 0.493 e. The van der Waals surface area contributed by atoms with Crippen LogP contribution in [0.5, 0.6) is 11.5 Å². The van der Waals surface area contributed by atoms with Crippen LogP contribution in [0.1, 0.15) is 58.6 Å². The molecule has 0 atom stereocenters. The Kier molecular flexibility index (Phi) is 11.3. The summed E-state index contributed by atoms with van der Waals surface area (Å²) in [5.74, 6) is 2.23. The molecule has 0 bridgehead atoms. The Balaban J connectivity index is 2.44. The summed E-state index contributed by atoms with van der Waals surface area (Å²) in [6, 6.07) is 3.96. The van der Waals surface area contributed by atoms with E-state index in [0.717, 1.165) is 41.9 Å². The summed E-state index contributed by atoms with van der Waals surface area (Å²) in [5, 5.41) is 3.97. The first-order chi connectivity index (χ1) is 13.6.